The molecule has 0 heterocycles. The molecular weight excluding hydrogens is 370 g/mol. The van der Waals surface area contributed by atoms with Gasteiger partial charge in [-0.25, -0.2) is 17.5 Å². The molecule has 2 rings (SSSR count). The molecule has 0 amide bonds. The van der Waals surface area contributed by atoms with Crippen LogP contribution >= 0.6 is 0 Å². The molecule has 0 aliphatic carbocycles. The number of sulfonamides is 1. The Balaban J connectivity index is 2.08. The Hall–Kier alpha value is -2.71. The number of hydrogen-bond donors (Lipinski definition) is 0. The van der Waals surface area contributed by atoms with Crippen molar-refractivity contribution < 1.29 is 27.5 Å². The van der Waals surface area contributed by atoms with Crippen molar-refractivity contribution in [1.82, 2.24) is 4.31 Å². The molecule has 0 spiro atoms. The van der Waals surface area contributed by atoms with E-state index in [0.717, 1.165) is 4.31 Å². The van der Waals surface area contributed by atoms with Crippen LogP contribution in [0.5, 0.6) is 5.75 Å². The van der Waals surface area contributed by atoms with Crippen molar-refractivity contribution in [3.8, 4) is 5.75 Å². The summed E-state index contributed by atoms with van der Waals surface area (Å²) in [5.74, 6) is -0.445. The van der Waals surface area contributed by atoms with Gasteiger partial charge in [0.15, 0.2) is 6.10 Å². The number of carbonyl (C=O) groups is 2. The first-order valence-electron chi connectivity index (χ1n) is 8.08. The van der Waals surface area contributed by atoms with Gasteiger partial charge in [-0.1, -0.05) is 0 Å². The molecule has 27 heavy (non-hydrogen) atoms. The zero-order valence-corrected chi connectivity index (χ0v) is 16.3. The standard InChI is InChI=1S/C19H21NO6S/c1-13(18(21)14-5-9-16(25-4)10-6-14)26-19(22)15-7-11-17(12-8-15)27(23,24)20(2)3/h5-13H,1-4H3/t13-/m0/s1. The highest BCUT2D eigenvalue weighted by molar-refractivity contribution is 7.89. The largest absolute Gasteiger partial charge is 0.497 e. The van der Waals surface area contributed by atoms with Gasteiger partial charge in [-0.15, -0.1) is 0 Å². The lowest BCUT2D eigenvalue weighted by Gasteiger charge is -2.14. The molecule has 8 heteroatoms. The summed E-state index contributed by atoms with van der Waals surface area (Å²) in [7, 11) is 0.785. The van der Waals surface area contributed by atoms with Crippen LogP contribution in [0.3, 0.4) is 0 Å². The molecule has 0 unspecified atom stereocenters. The molecule has 0 N–H and O–H groups in total. The third-order valence-corrected chi connectivity index (χ3v) is 5.73. The minimum absolute atomic E-state index is 0.0615. The molecule has 0 saturated heterocycles. The Morgan fingerprint density at radius 1 is 0.926 bits per heavy atom. The van der Waals surface area contributed by atoms with Crippen LogP contribution in [0.1, 0.15) is 27.6 Å². The number of ketones is 1. The van der Waals surface area contributed by atoms with Gasteiger partial charge in [0, 0.05) is 19.7 Å². The fourth-order valence-corrected chi connectivity index (χ4v) is 3.15. The monoisotopic (exact) mass is 391 g/mol. The lowest BCUT2D eigenvalue weighted by molar-refractivity contribution is 0.0318. The number of methoxy groups -OCH3 is 1. The van der Waals surface area contributed by atoms with Gasteiger partial charge in [0.1, 0.15) is 5.75 Å². The summed E-state index contributed by atoms with van der Waals surface area (Å²) in [6.07, 6.45) is -0.990. The maximum atomic E-state index is 12.4. The molecule has 144 valence electrons. The number of rotatable bonds is 7. The van der Waals surface area contributed by atoms with Crippen molar-refractivity contribution in [3.05, 3.63) is 59.7 Å². The van der Waals surface area contributed by atoms with Gasteiger partial charge in [0.2, 0.25) is 15.8 Å². The minimum Gasteiger partial charge on any atom is -0.497 e. The van der Waals surface area contributed by atoms with E-state index in [-0.39, 0.29) is 16.2 Å². The van der Waals surface area contributed by atoms with E-state index in [1.807, 2.05) is 0 Å². The molecule has 0 aliphatic rings. The fourth-order valence-electron chi connectivity index (χ4n) is 2.25. The van der Waals surface area contributed by atoms with Crippen molar-refractivity contribution in [3.63, 3.8) is 0 Å². The smallest absolute Gasteiger partial charge is 0.338 e. The average molecular weight is 391 g/mol. The molecule has 0 aromatic heterocycles. The van der Waals surface area contributed by atoms with Crippen molar-refractivity contribution in [2.45, 2.75) is 17.9 Å². The zero-order chi connectivity index (χ0) is 20.2. The van der Waals surface area contributed by atoms with Gasteiger partial charge in [-0.3, -0.25) is 4.79 Å². The van der Waals surface area contributed by atoms with E-state index in [1.54, 1.807) is 24.3 Å². The highest BCUT2D eigenvalue weighted by Crippen LogP contribution is 2.17. The van der Waals surface area contributed by atoms with Crippen LogP contribution in [-0.2, 0) is 14.8 Å². The summed E-state index contributed by atoms with van der Waals surface area (Å²) >= 11 is 0. The molecule has 0 aliphatic heterocycles. The second-order valence-electron chi connectivity index (χ2n) is 5.95. The molecule has 2 aromatic rings. The Kier molecular flexibility index (Phi) is 6.35. The van der Waals surface area contributed by atoms with Gasteiger partial charge >= 0.3 is 5.97 Å². The molecule has 1 atom stereocenters. The molecule has 0 fully saturated rings. The maximum Gasteiger partial charge on any atom is 0.338 e. The maximum absolute atomic E-state index is 12.4. The SMILES string of the molecule is COc1ccc(C(=O)[C@H](C)OC(=O)c2ccc(S(=O)(=O)N(C)C)cc2)cc1. The van der Waals surface area contributed by atoms with E-state index in [9.17, 15) is 18.0 Å². The van der Waals surface area contributed by atoms with E-state index >= 15 is 0 Å². The highest BCUT2D eigenvalue weighted by Gasteiger charge is 2.22. The number of Topliss-reactive ketones (excluding diaryl/α,β-unsaturated/α-hetero) is 1. The van der Waals surface area contributed by atoms with Crippen molar-refractivity contribution in [1.29, 1.82) is 0 Å². The average Bonchev–Trinajstić information content (AvgIpc) is 2.67. The van der Waals surface area contributed by atoms with Gasteiger partial charge in [0.05, 0.1) is 17.6 Å². The van der Waals surface area contributed by atoms with Crippen LogP contribution in [-0.4, -0.2) is 51.8 Å². The van der Waals surface area contributed by atoms with Gasteiger partial charge < -0.3 is 9.47 Å². The molecule has 7 nitrogen and oxygen atoms in total. The Labute approximate surface area is 158 Å². The van der Waals surface area contributed by atoms with Crippen LogP contribution in [0.25, 0.3) is 0 Å². The number of esters is 1. The van der Waals surface area contributed by atoms with Crippen LogP contribution < -0.4 is 4.74 Å². The second kappa shape index (κ2) is 8.32. The Bertz CT molecular complexity index is 918. The van der Waals surface area contributed by atoms with Crippen LogP contribution in [0.15, 0.2) is 53.4 Å². The second-order valence-corrected chi connectivity index (χ2v) is 8.10. The quantitative estimate of drug-likeness (QED) is 0.532. The third-order valence-electron chi connectivity index (χ3n) is 3.90. The van der Waals surface area contributed by atoms with Gasteiger partial charge in [-0.05, 0) is 55.5 Å². The first-order chi connectivity index (χ1) is 12.7. The van der Waals surface area contributed by atoms with Crippen LogP contribution in [0, 0.1) is 0 Å². The number of benzene rings is 2. The highest BCUT2D eigenvalue weighted by atomic mass is 32.2. The van der Waals surface area contributed by atoms with Crippen molar-refractivity contribution in [2.75, 3.05) is 21.2 Å². The lowest BCUT2D eigenvalue weighted by atomic mass is 10.1. The van der Waals surface area contributed by atoms with Gasteiger partial charge in [-0.2, -0.15) is 0 Å². The first-order valence-corrected chi connectivity index (χ1v) is 9.52. The van der Waals surface area contributed by atoms with E-state index in [1.165, 1.54) is 52.4 Å². The summed E-state index contributed by atoms with van der Waals surface area (Å²) in [4.78, 5) is 24.7. The molecule has 0 saturated carbocycles. The normalized spacial score (nSPS) is 12.5. The topological polar surface area (TPSA) is 90.0 Å². The summed E-state index contributed by atoms with van der Waals surface area (Å²) in [6.45, 7) is 1.48. The molecule has 0 bridgehead atoms. The fraction of sp³-hybridized carbons (Fsp3) is 0.263. The third kappa shape index (κ3) is 4.72. The molecular formula is C19H21NO6S. The summed E-state index contributed by atoms with van der Waals surface area (Å²) in [6, 6.07) is 11.8. The molecule has 0 radical (unpaired) electrons. The predicted octanol–water partition coefficient (Wildman–Crippen LogP) is 2.37. The lowest BCUT2D eigenvalue weighted by Crippen LogP contribution is -2.24. The number of nitrogens with zero attached hydrogens (tertiary/aromatic N) is 1. The summed E-state index contributed by atoms with van der Waals surface area (Å²) in [5.41, 5.74) is 0.547. The van der Waals surface area contributed by atoms with Crippen LogP contribution in [0.4, 0.5) is 0 Å². The van der Waals surface area contributed by atoms with Crippen LogP contribution in [0.2, 0.25) is 0 Å². The zero-order valence-electron chi connectivity index (χ0n) is 15.5. The Morgan fingerprint density at radius 3 is 1.93 bits per heavy atom. The van der Waals surface area contributed by atoms with E-state index in [0.29, 0.717) is 11.3 Å². The molecule has 2 aromatic carbocycles. The predicted molar refractivity (Wildman–Crippen MR) is 99.5 cm³/mol. The van der Waals surface area contributed by atoms with E-state index < -0.39 is 22.1 Å². The summed E-state index contributed by atoms with van der Waals surface area (Å²) in [5, 5.41) is 0. The number of ether oxygens (including phenoxy) is 2. The first kappa shape index (κ1) is 20.6. The number of hydrogen-bond acceptors (Lipinski definition) is 6. The summed E-state index contributed by atoms with van der Waals surface area (Å²) < 4.78 is 35.4. The van der Waals surface area contributed by atoms with E-state index in [2.05, 4.69) is 0 Å². The van der Waals surface area contributed by atoms with Crippen molar-refractivity contribution >= 4 is 21.8 Å². The van der Waals surface area contributed by atoms with Crippen molar-refractivity contribution in [2.24, 2.45) is 0 Å². The minimum atomic E-state index is -3.58. The number of carbonyl (C=O) groups excluding carboxylic acids is 2. The van der Waals surface area contributed by atoms with Gasteiger partial charge in [0.25, 0.3) is 0 Å². The van der Waals surface area contributed by atoms with E-state index in [4.69, 9.17) is 9.47 Å². The Morgan fingerprint density at radius 2 is 1.44 bits per heavy atom.